The van der Waals surface area contributed by atoms with Gasteiger partial charge in [-0.25, -0.2) is 4.98 Å². The van der Waals surface area contributed by atoms with Gasteiger partial charge in [0.25, 0.3) is 0 Å². The van der Waals surface area contributed by atoms with Crippen LogP contribution in [-0.2, 0) is 16.0 Å². The number of pyridine rings is 1. The van der Waals surface area contributed by atoms with Crippen LogP contribution in [0.25, 0.3) is 22.3 Å². The van der Waals surface area contributed by atoms with Gasteiger partial charge in [0.05, 0.1) is 7.11 Å². The molecule has 0 amide bonds. The number of nitrogens with zero attached hydrogens (tertiary/aromatic N) is 1. The van der Waals surface area contributed by atoms with Gasteiger partial charge in [0.15, 0.2) is 0 Å². The van der Waals surface area contributed by atoms with Crippen molar-refractivity contribution in [3.8, 4) is 22.3 Å². The molecule has 0 unspecified atom stereocenters. The smallest absolute Gasteiger partial charge is 0.305 e. The molecule has 0 spiro atoms. The number of aryl methyl sites for hydroxylation is 1. The van der Waals surface area contributed by atoms with Crippen molar-refractivity contribution < 1.29 is 9.53 Å². The maximum atomic E-state index is 11.4. The standard InChI is InChI=1S/C28H34N2O2/c1-17(2)30-25-14-13-24(16-29-25)28-20(5)18(3)27(19(4)21(28)6)23-11-8-22(9-12-23)10-15-26(31)32-7/h8-9,11-14,16-17H,10,15H2,1-7H3,(H,29,30). The molecule has 0 aliphatic carbocycles. The Morgan fingerprint density at radius 2 is 1.41 bits per heavy atom. The number of hydrogen-bond acceptors (Lipinski definition) is 4. The van der Waals surface area contributed by atoms with Crippen molar-refractivity contribution in [3.63, 3.8) is 0 Å². The van der Waals surface area contributed by atoms with E-state index in [1.165, 1.54) is 46.1 Å². The van der Waals surface area contributed by atoms with Crippen LogP contribution in [0, 0.1) is 27.7 Å². The number of aromatic nitrogens is 1. The molecule has 168 valence electrons. The topological polar surface area (TPSA) is 51.2 Å². The molecule has 3 aromatic rings. The zero-order chi connectivity index (χ0) is 23.4. The number of ether oxygens (including phenoxy) is 1. The average Bonchev–Trinajstić information content (AvgIpc) is 2.78. The van der Waals surface area contributed by atoms with Crippen LogP contribution in [0.2, 0.25) is 0 Å². The summed E-state index contributed by atoms with van der Waals surface area (Å²) < 4.78 is 4.75. The van der Waals surface area contributed by atoms with Crippen LogP contribution in [0.15, 0.2) is 42.6 Å². The Bertz CT molecular complexity index is 1070. The number of methoxy groups -OCH3 is 1. The van der Waals surface area contributed by atoms with Gasteiger partial charge in [-0.2, -0.15) is 0 Å². The van der Waals surface area contributed by atoms with Crippen molar-refractivity contribution in [1.82, 2.24) is 4.98 Å². The van der Waals surface area contributed by atoms with Crippen molar-refractivity contribution in [2.75, 3.05) is 12.4 Å². The molecule has 0 aliphatic heterocycles. The van der Waals surface area contributed by atoms with Gasteiger partial charge >= 0.3 is 5.97 Å². The lowest BCUT2D eigenvalue weighted by molar-refractivity contribution is -0.140. The number of carbonyl (C=O) groups is 1. The highest BCUT2D eigenvalue weighted by atomic mass is 16.5. The minimum Gasteiger partial charge on any atom is -0.469 e. The second-order valence-corrected chi connectivity index (χ2v) is 8.75. The second kappa shape index (κ2) is 9.99. The molecule has 1 N–H and O–H groups in total. The van der Waals surface area contributed by atoms with Gasteiger partial charge in [0.1, 0.15) is 5.82 Å². The maximum Gasteiger partial charge on any atom is 0.305 e. The molecule has 0 atom stereocenters. The Hall–Kier alpha value is -3.14. The Kier molecular flexibility index (Phi) is 7.34. The fourth-order valence-electron chi connectivity index (χ4n) is 4.29. The van der Waals surface area contributed by atoms with Crippen molar-refractivity contribution >= 4 is 11.8 Å². The molecule has 4 heteroatoms. The summed E-state index contributed by atoms with van der Waals surface area (Å²) in [5, 5.41) is 3.35. The van der Waals surface area contributed by atoms with Gasteiger partial charge in [0, 0.05) is 24.2 Å². The first kappa shape index (κ1) is 23.5. The Balaban J connectivity index is 1.96. The fraction of sp³-hybridized carbons (Fsp3) is 0.357. The lowest BCUT2D eigenvalue weighted by Crippen LogP contribution is -2.10. The van der Waals surface area contributed by atoms with Crippen LogP contribution in [-0.4, -0.2) is 24.1 Å². The molecule has 2 aromatic carbocycles. The number of carbonyl (C=O) groups excluding carboxylic acids is 1. The van der Waals surface area contributed by atoms with Crippen LogP contribution in [0.3, 0.4) is 0 Å². The molecular formula is C28H34N2O2. The van der Waals surface area contributed by atoms with E-state index in [1.54, 1.807) is 0 Å². The third-order valence-corrected chi connectivity index (χ3v) is 6.20. The third kappa shape index (κ3) is 5.01. The molecule has 1 heterocycles. The normalized spacial score (nSPS) is 11.0. The Morgan fingerprint density at radius 3 is 1.88 bits per heavy atom. The van der Waals surface area contributed by atoms with Crippen LogP contribution < -0.4 is 5.32 Å². The molecule has 4 nitrogen and oxygen atoms in total. The summed E-state index contributed by atoms with van der Waals surface area (Å²) in [6, 6.07) is 13.1. The fourth-order valence-corrected chi connectivity index (χ4v) is 4.29. The van der Waals surface area contributed by atoms with E-state index in [0.29, 0.717) is 18.9 Å². The lowest BCUT2D eigenvalue weighted by atomic mass is 9.83. The largest absolute Gasteiger partial charge is 0.469 e. The quantitative estimate of drug-likeness (QED) is 0.430. The highest BCUT2D eigenvalue weighted by molar-refractivity contribution is 5.82. The number of benzene rings is 2. The third-order valence-electron chi connectivity index (χ3n) is 6.20. The summed E-state index contributed by atoms with van der Waals surface area (Å²) in [7, 11) is 1.43. The van der Waals surface area contributed by atoms with Crippen molar-refractivity contribution in [2.45, 2.75) is 60.4 Å². The second-order valence-electron chi connectivity index (χ2n) is 8.75. The molecule has 0 saturated heterocycles. The zero-order valence-electron chi connectivity index (χ0n) is 20.3. The summed E-state index contributed by atoms with van der Waals surface area (Å²) in [6.45, 7) is 13.0. The molecule has 32 heavy (non-hydrogen) atoms. The zero-order valence-corrected chi connectivity index (χ0v) is 20.3. The van der Waals surface area contributed by atoms with E-state index in [-0.39, 0.29) is 5.97 Å². The lowest BCUT2D eigenvalue weighted by Gasteiger charge is -2.21. The number of hydrogen-bond donors (Lipinski definition) is 1. The minimum absolute atomic E-state index is 0.176. The first-order valence-electron chi connectivity index (χ1n) is 11.2. The number of esters is 1. The van der Waals surface area contributed by atoms with Crippen molar-refractivity contribution in [3.05, 3.63) is 70.4 Å². The van der Waals surface area contributed by atoms with Crippen molar-refractivity contribution in [2.24, 2.45) is 0 Å². The molecule has 0 aliphatic rings. The highest BCUT2D eigenvalue weighted by Crippen LogP contribution is 2.39. The van der Waals surface area contributed by atoms with Crippen LogP contribution in [0.1, 0.15) is 48.1 Å². The molecule has 3 rings (SSSR count). The van der Waals surface area contributed by atoms with E-state index >= 15 is 0 Å². The summed E-state index contributed by atoms with van der Waals surface area (Å²) in [5.74, 6) is 0.724. The summed E-state index contributed by atoms with van der Waals surface area (Å²) in [5.41, 5.74) is 11.2. The molecule has 0 saturated carbocycles. The Labute approximate surface area is 192 Å². The summed E-state index contributed by atoms with van der Waals surface area (Å²) in [6.07, 6.45) is 3.06. The van der Waals surface area contributed by atoms with Gasteiger partial charge in [-0.15, -0.1) is 0 Å². The van der Waals surface area contributed by atoms with Gasteiger partial charge in [-0.3, -0.25) is 4.79 Å². The maximum absolute atomic E-state index is 11.4. The Morgan fingerprint density at radius 1 is 0.875 bits per heavy atom. The number of rotatable bonds is 7. The molecule has 0 radical (unpaired) electrons. The van der Waals surface area contributed by atoms with Gasteiger partial charge in [-0.05, 0) is 105 Å². The van der Waals surface area contributed by atoms with Crippen LogP contribution in [0.5, 0.6) is 0 Å². The summed E-state index contributed by atoms with van der Waals surface area (Å²) in [4.78, 5) is 16.0. The first-order chi connectivity index (χ1) is 15.2. The van der Waals surface area contributed by atoms with Crippen LogP contribution >= 0.6 is 0 Å². The van der Waals surface area contributed by atoms with E-state index in [1.807, 2.05) is 6.20 Å². The molecule has 1 aromatic heterocycles. The molecule has 0 bridgehead atoms. The van der Waals surface area contributed by atoms with E-state index in [0.717, 1.165) is 16.9 Å². The van der Waals surface area contributed by atoms with Gasteiger partial charge < -0.3 is 10.1 Å². The van der Waals surface area contributed by atoms with Crippen LogP contribution in [0.4, 0.5) is 5.82 Å². The molecule has 0 fully saturated rings. The van der Waals surface area contributed by atoms with E-state index < -0.39 is 0 Å². The minimum atomic E-state index is -0.176. The van der Waals surface area contributed by atoms with E-state index in [2.05, 4.69) is 88.2 Å². The van der Waals surface area contributed by atoms with Gasteiger partial charge in [0.2, 0.25) is 0 Å². The molecular weight excluding hydrogens is 396 g/mol. The average molecular weight is 431 g/mol. The predicted molar refractivity (Wildman–Crippen MR) is 133 cm³/mol. The van der Waals surface area contributed by atoms with E-state index in [9.17, 15) is 4.79 Å². The monoisotopic (exact) mass is 430 g/mol. The SMILES string of the molecule is COC(=O)CCc1ccc(-c2c(C)c(C)c(-c3ccc(NC(C)C)nc3)c(C)c2C)cc1. The number of nitrogens with one attached hydrogen (secondary N) is 1. The summed E-state index contributed by atoms with van der Waals surface area (Å²) >= 11 is 0. The van der Waals surface area contributed by atoms with Gasteiger partial charge in [-0.1, -0.05) is 24.3 Å². The van der Waals surface area contributed by atoms with Crippen molar-refractivity contribution in [1.29, 1.82) is 0 Å². The predicted octanol–water partition coefficient (Wildman–Crippen LogP) is 6.58. The first-order valence-corrected chi connectivity index (χ1v) is 11.2. The van der Waals surface area contributed by atoms with E-state index in [4.69, 9.17) is 4.74 Å². The number of anilines is 1. The highest BCUT2D eigenvalue weighted by Gasteiger charge is 2.17.